The molecule has 3 aromatic rings. The van der Waals surface area contributed by atoms with Crippen LogP contribution < -0.4 is 5.32 Å². The highest BCUT2D eigenvalue weighted by Gasteiger charge is 2.27. The lowest BCUT2D eigenvalue weighted by Gasteiger charge is -2.26. The van der Waals surface area contributed by atoms with Gasteiger partial charge in [0.2, 0.25) is 15.9 Å². The summed E-state index contributed by atoms with van der Waals surface area (Å²) in [5.74, 6) is 0.0289. The molecule has 0 saturated carbocycles. The van der Waals surface area contributed by atoms with Crippen molar-refractivity contribution in [2.75, 3.05) is 38.7 Å². The zero-order chi connectivity index (χ0) is 24.3. The molecule has 0 radical (unpaired) electrons. The van der Waals surface area contributed by atoms with Crippen LogP contribution in [0.1, 0.15) is 22.6 Å². The number of anilines is 1. The summed E-state index contributed by atoms with van der Waals surface area (Å²) in [4.78, 5) is 28.7. The number of imidazole rings is 1. The first kappa shape index (κ1) is 23.9. The fourth-order valence-electron chi connectivity index (χ4n) is 3.81. The number of esters is 1. The minimum Gasteiger partial charge on any atom is -0.465 e. The van der Waals surface area contributed by atoms with Crippen LogP contribution in [0.5, 0.6) is 0 Å². The maximum Gasteiger partial charge on any atom is 0.337 e. The zero-order valence-corrected chi connectivity index (χ0v) is 19.8. The number of aromatic nitrogens is 2. The molecule has 2 heterocycles. The minimum absolute atomic E-state index is 0.189. The third-order valence-corrected chi connectivity index (χ3v) is 7.61. The summed E-state index contributed by atoms with van der Waals surface area (Å²) in [7, 11) is -0.471. The summed E-state index contributed by atoms with van der Waals surface area (Å²) in [6.45, 7) is 1.42. The van der Waals surface area contributed by atoms with Gasteiger partial charge in [0.05, 0.1) is 41.8 Å². The van der Waals surface area contributed by atoms with Crippen molar-refractivity contribution in [1.82, 2.24) is 13.9 Å². The van der Waals surface area contributed by atoms with E-state index in [2.05, 4.69) is 15.0 Å². The molecule has 180 valence electrons. The molecular formula is C23H26N4O6S. The van der Waals surface area contributed by atoms with E-state index >= 15 is 0 Å². The summed E-state index contributed by atoms with van der Waals surface area (Å²) < 4.78 is 39.1. The number of sulfonamides is 1. The number of nitrogens with zero attached hydrogens (tertiary/aromatic N) is 3. The molecule has 1 aliphatic heterocycles. The number of hydrogen-bond donors (Lipinski definition) is 1. The van der Waals surface area contributed by atoms with Gasteiger partial charge in [-0.3, -0.25) is 4.79 Å². The monoisotopic (exact) mass is 486 g/mol. The second kappa shape index (κ2) is 9.92. The van der Waals surface area contributed by atoms with E-state index < -0.39 is 16.0 Å². The average Bonchev–Trinajstić information content (AvgIpc) is 3.18. The lowest BCUT2D eigenvalue weighted by molar-refractivity contribution is -0.116. The first-order chi connectivity index (χ1) is 16.3. The van der Waals surface area contributed by atoms with Crippen molar-refractivity contribution in [3.8, 4) is 0 Å². The number of hydrogen-bond acceptors (Lipinski definition) is 7. The summed E-state index contributed by atoms with van der Waals surface area (Å²) in [5.41, 5.74) is 2.32. The molecule has 1 saturated heterocycles. The van der Waals surface area contributed by atoms with Crippen LogP contribution in [0.25, 0.3) is 11.0 Å². The molecule has 4 rings (SSSR count). The van der Waals surface area contributed by atoms with Crippen LogP contribution >= 0.6 is 0 Å². The summed E-state index contributed by atoms with van der Waals surface area (Å²) in [6.07, 6.45) is 0.567. The first-order valence-electron chi connectivity index (χ1n) is 10.8. The normalized spacial score (nSPS) is 14.8. The molecule has 1 fully saturated rings. The molecule has 0 spiro atoms. The largest absolute Gasteiger partial charge is 0.465 e. The molecule has 1 amide bonds. The number of amides is 1. The summed E-state index contributed by atoms with van der Waals surface area (Å²) in [6, 6.07) is 11.3. The standard InChI is InChI=1S/C23H26N4O6S/c1-26-20-8-7-18(34(30,31)27-11-13-33-14-12-27)15-19(20)25-21(26)9-10-22(28)24-17-5-3-16(4-6-17)23(29)32-2/h3-8,15H,9-14H2,1-2H3,(H,24,28). The molecule has 2 aromatic carbocycles. The van der Waals surface area contributed by atoms with Gasteiger partial charge in [-0.1, -0.05) is 0 Å². The Balaban J connectivity index is 1.43. The molecule has 34 heavy (non-hydrogen) atoms. The molecule has 0 atom stereocenters. The Morgan fingerprint density at radius 3 is 2.50 bits per heavy atom. The summed E-state index contributed by atoms with van der Waals surface area (Å²) >= 11 is 0. The Hall–Kier alpha value is -3.28. The number of benzene rings is 2. The van der Waals surface area contributed by atoms with Gasteiger partial charge in [0, 0.05) is 38.7 Å². The van der Waals surface area contributed by atoms with Crippen molar-refractivity contribution in [3.05, 3.63) is 53.9 Å². The quantitative estimate of drug-likeness (QED) is 0.507. The number of aryl methyl sites for hydroxylation is 2. The Kier molecular flexibility index (Phi) is 6.96. The smallest absolute Gasteiger partial charge is 0.337 e. The Morgan fingerprint density at radius 1 is 1.12 bits per heavy atom. The summed E-state index contributed by atoms with van der Waals surface area (Å²) in [5, 5.41) is 2.79. The molecule has 0 bridgehead atoms. The van der Waals surface area contributed by atoms with E-state index in [9.17, 15) is 18.0 Å². The highest BCUT2D eigenvalue weighted by molar-refractivity contribution is 7.89. The number of methoxy groups -OCH3 is 1. The topological polar surface area (TPSA) is 120 Å². The van der Waals surface area contributed by atoms with Gasteiger partial charge in [-0.05, 0) is 42.5 Å². The van der Waals surface area contributed by atoms with Gasteiger partial charge in [0.15, 0.2) is 0 Å². The molecule has 0 unspecified atom stereocenters. The maximum absolute atomic E-state index is 12.9. The number of fused-ring (bicyclic) bond motifs is 1. The van der Waals surface area contributed by atoms with Crippen molar-refractivity contribution >= 4 is 38.6 Å². The van der Waals surface area contributed by atoms with E-state index in [1.54, 1.807) is 42.5 Å². The minimum atomic E-state index is -3.62. The molecule has 1 N–H and O–H groups in total. The predicted molar refractivity (Wildman–Crippen MR) is 125 cm³/mol. The highest BCUT2D eigenvalue weighted by Crippen LogP contribution is 2.23. The van der Waals surface area contributed by atoms with Gasteiger partial charge < -0.3 is 19.4 Å². The molecule has 1 aliphatic rings. The van der Waals surface area contributed by atoms with Crippen molar-refractivity contribution < 1.29 is 27.5 Å². The third kappa shape index (κ3) is 4.96. The number of ether oxygens (including phenoxy) is 2. The van der Waals surface area contributed by atoms with Crippen LogP contribution in [0.3, 0.4) is 0 Å². The molecular weight excluding hydrogens is 460 g/mol. The van der Waals surface area contributed by atoms with Gasteiger partial charge in [0.1, 0.15) is 5.82 Å². The number of nitrogens with one attached hydrogen (secondary N) is 1. The second-order valence-corrected chi connectivity index (χ2v) is 9.81. The highest BCUT2D eigenvalue weighted by atomic mass is 32.2. The predicted octanol–water partition coefficient (Wildman–Crippen LogP) is 1.95. The van der Waals surface area contributed by atoms with E-state index in [1.165, 1.54) is 11.4 Å². The zero-order valence-electron chi connectivity index (χ0n) is 19.0. The van der Waals surface area contributed by atoms with E-state index in [0.717, 1.165) is 5.52 Å². The van der Waals surface area contributed by atoms with Gasteiger partial charge >= 0.3 is 5.97 Å². The third-order valence-electron chi connectivity index (χ3n) is 5.72. The SMILES string of the molecule is COC(=O)c1ccc(NC(=O)CCc2nc3cc(S(=O)(=O)N4CCOCC4)ccc3n2C)cc1. The van der Waals surface area contributed by atoms with Crippen molar-refractivity contribution in [2.24, 2.45) is 7.05 Å². The molecule has 11 heteroatoms. The lowest BCUT2D eigenvalue weighted by atomic mass is 10.2. The fraction of sp³-hybridized carbons (Fsp3) is 0.348. The van der Waals surface area contributed by atoms with Crippen LogP contribution in [0.4, 0.5) is 5.69 Å². The Bertz CT molecular complexity index is 1310. The van der Waals surface area contributed by atoms with E-state index in [0.29, 0.717) is 55.3 Å². The van der Waals surface area contributed by atoms with Crippen LogP contribution in [0.15, 0.2) is 47.4 Å². The second-order valence-electron chi connectivity index (χ2n) is 7.87. The van der Waals surface area contributed by atoms with E-state index in [-0.39, 0.29) is 17.2 Å². The van der Waals surface area contributed by atoms with Crippen molar-refractivity contribution in [3.63, 3.8) is 0 Å². The maximum atomic E-state index is 12.9. The Morgan fingerprint density at radius 2 is 1.82 bits per heavy atom. The van der Waals surface area contributed by atoms with Crippen molar-refractivity contribution in [2.45, 2.75) is 17.7 Å². The fourth-order valence-corrected chi connectivity index (χ4v) is 5.23. The van der Waals surface area contributed by atoms with Gasteiger partial charge in [-0.15, -0.1) is 0 Å². The lowest BCUT2D eigenvalue weighted by Crippen LogP contribution is -2.40. The number of carbonyl (C=O) groups excluding carboxylic acids is 2. The number of rotatable bonds is 7. The number of morpholine rings is 1. The van der Waals surface area contributed by atoms with E-state index in [1.807, 2.05) is 11.6 Å². The van der Waals surface area contributed by atoms with Gasteiger partial charge in [0.25, 0.3) is 0 Å². The number of carbonyl (C=O) groups is 2. The van der Waals surface area contributed by atoms with Crippen LogP contribution in [0, 0.1) is 0 Å². The molecule has 10 nitrogen and oxygen atoms in total. The average molecular weight is 487 g/mol. The van der Waals surface area contributed by atoms with Gasteiger partial charge in [-0.2, -0.15) is 4.31 Å². The first-order valence-corrected chi connectivity index (χ1v) is 12.2. The molecule has 0 aliphatic carbocycles. The van der Waals surface area contributed by atoms with Gasteiger partial charge in [-0.25, -0.2) is 18.2 Å². The van der Waals surface area contributed by atoms with Crippen LogP contribution in [0.2, 0.25) is 0 Å². The van der Waals surface area contributed by atoms with E-state index in [4.69, 9.17) is 4.74 Å². The van der Waals surface area contributed by atoms with Crippen LogP contribution in [-0.4, -0.2) is 67.6 Å². The van der Waals surface area contributed by atoms with Crippen molar-refractivity contribution in [1.29, 1.82) is 0 Å². The molecule has 1 aromatic heterocycles. The van der Waals surface area contributed by atoms with Crippen LogP contribution in [-0.2, 0) is 37.8 Å². The Labute approximate surface area is 197 Å².